The second kappa shape index (κ2) is 11.3. The van der Waals surface area contributed by atoms with Crippen molar-refractivity contribution in [2.45, 2.75) is 41.5 Å². The summed E-state index contributed by atoms with van der Waals surface area (Å²) in [4.78, 5) is 57.4. The number of benzene rings is 2. The van der Waals surface area contributed by atoms with E-state index in [4.69, 9.17) is 4.74 Å². The van der Waals surface area contributed by atoms with Gasteiger partial charge in [-0.15, -0.1) is 11.3 Å². The van der Waals surface area contributed by atoms with Crippen LogP contribution in [-0.4, -0.2) is 35.0 Å². The van der Waals surface area contributed by atoms with Crippen molar-refractivity contribution in [2.24, 2.45) is 0 Å². The number of imide groups is 2. The quantitative estimate of drug-likeness (QED) is 0.141. The molecule has 1 aliphatic rings. The first kappa shape index (κ1) is 28.8. The largest absolute Gasteiger partial charge is 0.462 e. The number of aryl methyl sites for hydroxylation is 3. The first-order valence-electron chi connectivity index (χ1n) is 13.6. The van der Waals surface area contributed by atoms with E-state index in [1.165, 1.54) is 17.4 Å². The van der Waals surface area contributed by atoms with Gasteiger partial charge in [0.2, 0.25) is 0 Å². The number of aromatic nitrogens is 1. The van der Waals surface area contributed by atoms with Gasteiger partial charge in [0.1, 0.15) is 10.6 Å². The topological polar surface area (TPSA) is 88.9 Å². The third kappa shape index (κ3) is 4.86. The normalized spacial score (nSPS) is 14.7. The Hall–Kier alpha value is -4.76. The van der Waals surface area contributed by atoms with E-state index in [1.807, 2.05) is 57.4 Å². The summed E-state index contributed by atoms with van der Waals surface area (Å²) in [5.74, 6) is -1.81. The van der Waals surface area contributed by atoms with Gasteiger partial charge in [-0.05, 0) is 89.1 Å². The molecule has 42 heavy (non-hydrogen) atoms. The zero-order chi connectivity index (χ0) is 30.3. The Morgan fingerprint density at radius 2 is 1.45 bits per heavy atom. The predicted molar refractivity (Wildman–Crippen MR) is 165 cm³/mol. The van der Waals surface area contributed by atoms with E-state index in [0.717, 1.165) is 37.2 Å². The van der Waals surface area contributed by atoms with Crippen molar-refractivity contribution in [3.8, 4) is 5.00 Å². The highest BCUT2D eigenvalue weighted by molar-refractivity contribution is 7.15. The van der Waals surface area contributed by atoms with Gasteiger partial charge in [-0.3, -0.25) is 9.59 Å². The van der Waals surface area contributed by atoms with E-state index in [2.05, 4.69) is 0 Å². The third-order valence-corrected chi connectivity index (χ3v) is 8.57. The summed E-state index contributed by atoms with van der Waals surface area (Å²) in [6, 6.07) is 16.7. The molecule has 0 unspecified atom stereocenters. The number of hydrogen-bond acceptors (Lipinski definition) is 6. The zero-order valence-electron chi connectivity index (χ0n) is 24.3. The molecular formula is C33H31N3O5S. The Morgan fingerprint density at radius 1 is 0.857 bits per heavy atom. The Morgan fingerprint density at radius 3 is 2.05 bits per heavy atom. The van der Waals surface area contributed by atoms with E-state index < -0.39 is 23.8 Å². The number of barbiturate groups is 1. The maximum absolute atomic E-state index is 13.9. The monoisotopic (exact) mass is 581 g/mol. The molecule has 5 rings (SSSR count). The fraction of sp³-hybridized carbons (Fsp3) is 0.212. The standard InChI is InChI=1S/C33H31N3O5S/c1-7-41-32(39)28-21(4)23(6)42-31(28)34-20(3)17-24(22(34)5)18-27-29(37)35(25-11-9-8-10-12-25)33(40)36(30(27)38)26-15-13-19(2)14-16-26/h8-18H,7H2,1-6H3/b27-18+. The number of rotatable bonds is 6. The molecule has 0 spiro atoms. The minimum Gasteiger partial charge on any atom is -0.462 e. The zero-order valence-corrected chi connectivity index (χ0v) is 25.2. The van der Waals surface area contributed by atoms with E-state index in [-0.39, 0.29) is 12.2 Å². The van der Waals surface area contributed by atoms with Crippen molar-refractivity contribution in [1.29, 1.82) is 0 Å². The fourth-order valence-electron chi connectivity index (χ4n) is 5.07. The molecule has 3 heterocycles. The van der Waals surface area contributed by atoms with E-state index in [9.17, 15) is 19.2 Å². The highest BCUT2D eigenvalue weighted by Gasteiger charge is 2.44. The molecule has 0 atom stereocenters. The maximum atomic E-state index is 13.9. The molecule has 0 aliphatic carbocycles. The highest BCUT2D eigenvalue weighted by Crippen LogP contribution is 2.36. The number of thiophene rings is 1. The van der Waals surface area contributed by atoms with Crippen LogP contribution in [0.3, 0.4) is 0 Å². The third-order valence-electron chi connectivity index (χ3n) is 7.38. The summed E-state index contributed by atoms with van der Waals surface area (Å²) >= 11 is 1.48. The number of amides is 4. The molecule has 1 saturated heterocycles. The van der Waals surface area contributed by atoms with E-state index in [1.54, 1.807) is 49.4 Å². The Balaban J connectivity index is 1.66. The molecule has 9 heteroatoms. The Labute approximate surface area is 248 Å². The molecule has 8 nitrogen and oxygen atoms in total. The molecular weight excluding hydrogens is 550 g/mol. The number of urea groups is 1. The van der Waals surface area contributed by atoms with Crippen LogP contribution in [0.15, 0.2) is 66.2 Å². The van der Waals surface area contributed by atoms with Gasteiger partial charge >= 0.3 is 12.0 Å². The molecule has 0 saturated carbocycles. The lowest BCUT2D eigenvalue weighted by molar-refractivity contribution is -0.121. The summed E-state index contributed by atoms with van der Waals surface area (Å²) in [6.45, 7) is 11.6. The molecule has 4 aromatic rings. The fourth-order valence-corrected chi connectivity index (χ4v) is 6.32. The van der Waals surface area contributed by atoms with Crippen LogP contribution in [0.1, 0.15) is 50.2 Å². The number of carbonyl (C=O) groups excluding carboxylic acids is 4. The number of carbonyl (C=O) groups is 4. The van der Waals surface area contributed by atoms with Gasteiger partial charge in [-0.1, -0.05) is 35.9 Å². The number of nitrogens with zero attached hydrogens (tertiary/aromatic N) is 3. The van der Waals surface area contributed by atoms with Crippen molar-refractivity contribution in [2.75, 3.05) is 16.4 Å². The Bertz CT molecular complexity index is 1760. The first-order chi connectivity index (χ1) is 20.0. The maximum Gasteiger partial charge on any atom is 0.343 e. The number of para-hydroxylation sites is 1. The van der Waals surface area contributed by atoms with Crippen LogP contribution in [0, 0.1) is 34.6 Å². The molecule has 0 bridgehead atoms. The highest BCUT2D eigenvalue weighted by atomic mass is 32.1. The van der Waals surface area contributed by atoms with Gasteiger partial charge in [0.25, 0.3) is 11.8 Å². The number of esters is 1. The summed E-state index contributed by atoms with van der Waals surface area (Å²) in [5.41, 5.74) is 5.06. The summed E-state index contributed by atoms with van der Waals surface area (Å²) < 4.78 is 7.30. The van der Waals surface area contributed by atoms with Crippen LogP contribution in [0.4, 0.5) is 16.2 Å². The molecule has 2 aromatic carbocycles. The molecule has 0 N–H and O–H groups in total. The van der Waals surface area contributed by atoms with Crippen LogP contribution >= 0.6 is 11.3 Å². The van der Waals surface area contributed by atoms with Crippen molar-refractivity contribution < 1.29 is 23.9 Å². The summed E-state index contributed by atoms with van der Waals surface area (Å²) in [6.07, 6.45) is 1.53. The van der Waals surface area contributed by atoms with Gasteiger partial charge in [0, 0.05) is 16.3 Å². The average Bonchev–Trinajstić information content (AvgIpc) is 3.40. The summed E-state index contributed by atoms with van der Waals surface area (Å²) in [7, 11) is 0. The molecule has 2 aromatic heterocycles. The van der Waals surface area contributed by atoms with Crippen LogP contribution in [0.5, 0.6) is 0 Å². The molecule has 1 aliphatic heterocycles. The SMILES string of the molecule is CCOC(=O)c1c(-n2c(C)cc(/C=C3\C(=O)N(c4ccccc4)C(=O)N(c4ccc(C)cc4)C3=O)c2C)sc(C)c1C. The number of anilines is 2. The molecule has 1 fully saturated rings. The lowest BCUT2D eigenvalue weighted by atomic mass is 10.0. The number of ether oxygens (including phenoxy) is 1. The minimum absolute atomic E-state index is 0.150. The predicted octanol–water partition coefficient (Wildman–Crippen LogP) is 6.84. The van der Waals surface area contributed by atoms with Gasteiger partial charge in [-0.2, -0.15) is 0 Å². The van der Waals surface area contributed by atoms with Crippen molar-refractivity contribution in [3.63, 3.8) is 0 Å². The van der Waals surface area contributed by atoms with Crippen LogP contribution in [0.25, 0.3) is 11.1 Å². The van der Waals surface area contributed by atoms with Crippen molar-refractivity contribution in [3.05, 3.63) is 105 Å². The van der Waals surface area contributed by atoms with Gasteiger partial charge in [0.15, 0.2) is 0 Å². The van der Waals surface area contributed by atoms with Crippen molar-refractivity contribution >= 4 is 52.6 Å². The van der Waals surface area contributed by atoms with Gasteiger partial charge in [0.05, 0.1) is 23.5 Å². The van der Waals surface area contributed by atoms with E-state index in [0.29, 0.717) is 27.5 Å². The molecule has 4 amide bonds. The van der Waals surface area contributed by atoms with Crippen LogP contribution in [-0.2, 0) is 14.3 Å². The lowest BCUT2D eigenvalue weighted by Gasteiger charge is -2.34. The Kier molecular flexibility index (Phi) is 7.71. The summed E-state index contributed by atoms with van der Waals surface area (Å²) in [5, 5.41) is 0.715. The second-order valence-corrected chi connectivity index (χ2v) is 11.3. The van der Waals surface area contributed by atoms with Gasteiger partial charge < -0.3 is 9.30 Å². The molecule has 0 radical (unpaired) electrons. The molecule has 214 valence electrons. The van der Waals surface area contributed by atoms with Gasteiger partial charge in [-0.25, -0.2) is 19.4 Å². The lowest BCUT2D eigenvalue weighted by Crippen LogP contribution is -2.57. The second-order valence-electron chi connectivity index (χ2n) is 10.1. The van der Waals surface area contributed by atoms with Crippen LogP contribution in [0.2, 0.25) is 0 Å². The minimum atomic E-state index is -0.744. The first-order valence-corrected chi connectivity index (χ1v) is 14.4. The van der Waals surface area contributed by atoms with E-state index >= 15 is 0 Å². The number of hydrogen-bond donors (Lipinski definition) is 0. The van der Waals surface area contributed by atoms with Crippen LogP contribution < -0.4 is 9.80 Å². The smallest absolute Gasteiger partial charge is 0.343 e. The van der Waals surface area contributed by atoms with Crippen molar-refractivity contribution in [1.82, 2.24) is 4.57 Å². The average molecular weight is 582 g/mol.